The Bertz CT molecular complexity index is 995. The Hall–Kier alpha value is -2.14. The maximum absolute atomic E-state index is 13.0. The molecule has 1 saturated heterocycles. The van der Waals surface area contributed by atoms with Crippen molar-refractivity contribution in [3.63, 3.8) is 0 Å². The van der Waals surface area contributed by atoms with Gasteiger partial charge in [0, 0.05) is 26.2 Å². The molecule has 0 atom stereocenters. The highest BCUT2D eigenvalue weighted by Gasteiger charge is 2.29. The van der Waals surface area contributed by atoms with E-state index in [0.29, 0.717) is 44.5 Å². The first-order chi connectivity index (χ1) is 13.0. The molecule has 10 heteroatoms. The number of rotatable bonds is 5. The van der Waals surface area contributed by atoms with Gasteiger partial charge in [-0.05, 0) is 35.7 Å². The molecule has 0 amide bonds. The molecule has 142 valence electrons. The average molecular weight is 408 g/mol. The monoisotopic (exact) mass is 408 g/mol. The zero-order chi connectivity index (χ0) is 18.9. The van der Waals surface area contributed by atoms with Crippen LogP contribution in [0.2, 0.25) is 0 Å². The molecule has 0 spiro atoms. The number of hydrogen-bond acceptors (Lipinski definition) is 7. The van der Waals surface area contributed by atoms with Crippen molar-refractivity contribution in [2.24, 2.45) is 0 Å². The van der Waals surface area contributed by atoms with Crippen LogP contribution in [0, 0.1) is 5.82 Å². The van der Waals surface area contributed by atoms with E-state index >= 15 is 0 Å². The van der Waals surface area contributed by atoms with Crippen molar-refractivity contribution in [2.45, 2.75) is 11.4 Å². The molecule has 0 unspecified atom stereocenters. The first kappa shape index (κ1) is 18.2. The van der Waals surface area contributed by atoms with Gasteiger partial charge in [0.15, 0.2) is 0 Å². The minimum atomic E-state index is -3.61. The van der Waals surface area contributed by atoms with E-state index < -0.39 is 15.8 Å². The maximum Gasteiger partial charge on any atom is 0.257 e. The number of sulfonamides is 1. The molecule has 0 N–H and O–H groups in total. The van der Waals surface area contributed by atoms with E-state index in [9.17, 15) is 12.8 Å². The fraction of sp³-hybridized carbons (Fsp3) is 0.294. The summed E-state index contributed by atoms with van der Waals surface area (Å²) in [5.74, 6) is 0.547. The van der Waals surface area contributed by atoms with E-state index in [2.05, 4.69) is 15.1 Å². The average Bonchev–Trinajstić information content (AvgIpc) is 3.34. The summed E-state index contributed by atoms with van der Waals surface area (Å²) >= 11 is 1.53. The van der Waals surface area contributed by atoms with Crippen LogP contribution in [-0.2, 0) is 16.6 Å². The fourth-order valence-electron chi connectivity index (χ4n) is 2.89. The molecule has 1 fully saturated rings. The van der Waals surface area contributed by atoms with Crippen LogP contribution in [0.25, 0.3) is 10.8 Å². The molecule has 1 aromatic carbocycles. The van der Waals surface area contributed by atoms with E-state index in [1.165, 1.54) is 27.8 Å². The third-order valence-electron chi connectivity index (χ3n) is 4.34. The second-order valence-electron chi connectivity index (χ2n) is 6.11. The largest absolute Gasteiger partial charge is 0.419 e. The van der Waals surface area contributed by atoms with Gasteiger partial charge in [-0.1, -0.05) is 6.07 Å². The van der Waals surface area contributed by atoms with Gasteiger partial charge in [-0.15, -0.1) is 21.5 Å². The smallest absolute Gasteiger partial charge is 0.257 e. The van der Waals surface area contributed by atoms with E-state index in [1.807, 2.05) is 17.5 Å². The van der Waals surface area contributed by atoms with Gasteiger partial charge in [-0.3, -0.25) is 4.90 Å². The van der Waals surface area contributed by atoms with Gasteiger partial charge in [0.2, 0.25) is 15.9 Å². The van der Waals surface area contributed by atoms with Crippen molar-refractivity contribution in [3.05, 3.63) is 53.5 Å². The van der Waals surface area contributed by atoms with Gasteiger partial charge in [0.1, 0.15) is 5.82 Å². The Labute approximate surface area is 160 Å². The highest BCUT2D eigenvalue weighted by Crippen LogP contribution is 2.24. The first-order valence-electron chi connectivity index (χ1n) is 8.37. The topological polar surface area (TPSA) is 79.5 Å². The van der Waals surface area contributed by atoms with Crippen molar-refractivity contribution in [1.29, 1.82) is 0 Å². The zero-order valence-electron chi connectivity index (χ0n) is 14.3. The number of aromatic nitrogens is 2. The molecule has 3 heterocycles. The lowest BCUT2D eigenvalue weighted by Gasteiger charge is -2.33. The van der Waals surface area contributed by atoms with Gasteiger partial charge >= 0.3 is 0 Å². The number of benzene rings is 1. The Morgan fingerprint density at radius 2 is 1.81 bits per heavy atom. The summed E-state index contributed by atoms with van der Waals surface area (Å²) < 4.78 is 45.4. The predicted molar refractivity (Wildman–Crippen MR) is 98.0 cm³/mol. The van der Waals surface area contributed by atoms with Gasteiger partial charge in [0.25, 0.3) is 5.89 Å². The minimum Gasteiger partial charge on any atom is -0.419 e. The molecule has 7 nitrogen and oxygen atoms in total. The molecular weight excluding hydrogens is 391 g/mol. The fourth-order valence-corrected chi connectivity index (χ4v) is 4.96. The van der Waals surface area contributed by atoms with Crippen LogP contribution in [0.3, 0.4) is 0 Å². The highest BCUT2D eigenvalue weighted by molar-refractivity contribution is 7.89. The van der Waals surface area contributed by atoms with Gasteiger partial charge in [-0.2, -0.15) is 4.31 Å². The molecule has 0 bridgehead atoms. The Balaban J connectivity index is 1.37. The van der Waals surface area contributed by atoms with Crippen LogP contribution in [0.4, 0.5) is 4.39 Å². The van der Waals surface area contributed by atoms with Gasteiger partial charge in [0.05, 0.1) is 16.3 Å². The molecule has 0 saturated carbocycles. The molecule has 1 aliphatic heterocycles. The Kier molecular flexibility index (Phi) is 5.04. The van der Waals surface area contributed by atoms with E-state index in [-0.39, 0.29) is 4.90 Å². The lowest BCUT2D eigenvalue weighted by molar-refractivity contribution is 0.168. The van der Waals surface area contributed by atoms with Crippen molar-refractivity contribution in [3.8, 4) is 10.8 Å². The standard InChI is InChI=1S/C17H17FN4O3S2/c18-13-3-5-14(6-4-13)27(23,24)22-9-7-21(8-10-22)12-16-19-20-17(25-16)15-2-1-11-26-15/h1-6,11H,7-10,12H2. The molecule has 0 aliphatic carbocycles. The second-order valence-corrected chi connectivity index (χ2v) is 9.00. The van der Waals surface area contributed by atoms with Crippen LogP contribution in [0.5, 0.6) is 0 Å². The zero-order valence-corrected chi connectivity index (χ0v) is 15.9. The molecule has 27 heavy (non-hydrogen) atoms. The first-order valence-corrected chi connectivity index (χ1v) is 10.7. The summed E-state index contributed by atoms with van der Waals surface area (Å²) in [7, 11) is -3.61. The summed E-state index contributed by atoms with van der Waals surface area (Å²) in [5.41, 5.74) is 0. The number of hydrogen-bond donors (Lipinski definition) is 0. The third-order valence-corrected chi connectivity index (χ3v) is 7.11. The number of nitrogens with zero attached hydrogens (tertiary/aromatic N) is 4. The van der Waals surface area contributed by atoms with E-state index in [1.54, 1.807) is 0 Å². The van der Waals surface area contributed by atoms with Crippen molar-refractivity contribution >= 4 is 21.4 Å². The van der Waals surface area contributed by atoms with Gasteiger partial charge < -0.3 is 4.42 Å². The quantitative estimate of drug-likeness (QED) is 0.645. The molecule has 3 aromatic rings. The predicted octanol–water partition coefficient (Wildman–Crippen LogP) is 2.44. The summed E-state index contributed by atoms with van der Waals surface area (Å²) in [4.78, 5) is 3.10. The van der Waals surface area contributed by atoms with Crippen molar-refractivity contribution in [1.82, 2.24) is 19.4 Å². The van der Waals surface area contributed by atoms with E-state index in [4.69, 9.17) is 4.42 Å². The second kappa shape index (κ2) is 7.47. The highest BCUT2D eigenvalue weighted by atomic mass is 32.2. The van der Waals surface area contributed by atoms with Crippen LogP contribution in [0.1, 0.15) is 5.89 Å². The Morgan fingerprint density at radius 3 is 2.48 bits per heavy atom. The molecule has 0 radical (unpaired) electrons. The lowest BCUT2D eigenvalue weighted by Crippen LogP contribution is -2.48. The normalized spacial score (nSPS) is 16.6. The minimum absolute atomic E-state index is 0.106. The molecule has 1 aliphatic rings. The molecular formula is C17H17FN4O3S2. The third kappa shape index (κ3) is 3.93. The van der Waals surface area contributed by atoms with Crippen LogP contribution >= 0.6 is 11.3 Å². The van der Waals surface area contributed by atoms with Crippen molar-refractivity contribution < 1.29 is 17.2 Å². The molecule has 4 rings (SSSR count). The number of piperazine rings is 1. The van der Waals surface area contributed by atoms with Crippen LogP contribution < -0.4 is 0 Å². The van der Waals surface area contributed by atoms with Gasteiger partial charge in [-0.25, -0.2) is 12.8 Å². The summed E-state index contributed by atoms with van der Waals surface area (Å²) in [5, 5.41) is 10.1. The van der Waals surface area contributed by atoms with Crippen LogP contribution in [-0.4, -0.2) is 54.0 Å². The summed E-state index contributed by atoms with van der Waals surface area (Å²) in [6.45, 7) is 2.29. The SMILES string of the molecule is O=S(=O)(c1ccc(F)cc1)N1CCN(Cc2nnc(-c3cccs3)o2)CC1. The van der Waals surface area contributed by atoms with E-state index in [0.717, 1.165) is 17.0 Å². The summed E-state index contributed by atoms with van der Waals surface area (Å²) in [6.07, 6.45) is 0. The van der Waals surface area contributed by atoms with Crippen LogP contribution in [0.15, 0.2) is 51.1 Å². The molecule has 2 aromatic heterocycles. The maximum atomic E-state index is 13.0. The van der Waals surface area contributed by atoms with Crippen molar-refractivity contribution in [2.75, 3.05) is 26.2 Å². The lowest BCUT2D eigenvalue weighted by atomic mass is 10.3. The number of halogens is 1. The number of thiophene rings is 1. The Morgan fingerprint density at radius 1 is 1.07 bits per heavy atom. The summed E-state index contributed by atoms with van der Waals surface area (Å²) in [6, 6.07) is 8.74.